The van der Waals surface area contributed by atoms with Gasteiger partial charge in [0.05, 0.1) is 24.9 Å². The van der Waals surface area contributed by atoms with Gasteiger partial charge in [0.1, 0.15) is 5.60 Å². The quantitative estimate of drug-likeness (QED) is 0.172. The molecule has 6 fully saturated rings. The summed E-state index contributed by atoms with van der Waals surface area (Å²) in [6.45, 7) is 12.4. The van der Waals surface area contributed by atoms with E-state index in [9.17, 15) is 30.0 Å². The molecule has 8 heteroatoms. The summed E-state index contributed by atoms with van der Waals surface area (Å²) in [5, 5.41) is 45.4. The van der Waals surface area contributed by atoms with Crippen LogP contribution in [0.15, 0.2) is 47.1 Å². The summed E-state index contributed by atoms with van der Waals surface area (Å²) in [6.07, 6.45) is 14.6. The minimum atomic E-state index is -0.985. The molecule has 0 amide bonds. The first kappa shape index (κ1) is 44.3. The summed E-state index contributed by atoms with van der Waals surface area (Å²) in [4.78, 5) is 26.2. The van der Waals surface area contributed by atoms with Crippen LogP contribution in [0.1, 0.15) is 149 Å². The summed E-state index contributed by atoms with van der Waals surface area (Å²) < 4.78 is 6.67. The van der Waals surface area contributed by atoms with Gasteiger partial charge < -0.3 is 30.1 Å². The summed E-state index contributed by atoms with van der Waals surface area (Å²) in [7, 11) is 2.14. The number of hydrogen-bond donors (Lipinski definition) is 4. The predicted molar refractivity (Wildman–Crippen MR) is 242 cm³/mol. The number of allylic oxidation sites excluding steroid dienone is 4. The Balaban J connectivity index is 0.842. The number of likely N-dealkylation sites (N-methyl/N-ethyl adjacent to an activating group) is 1. The van der Waals surface area contributed by atoms with Crippen molar-refractivity contribution in [2.24, 2.45) is 63.6 Å². The van der Waals surface area contributed by atoms with E-state index >= 15 is 0 Å². The van der Waals surface area contributed by atoms with Gasteiger partial charge in [-0.15, -0.1) is 5.92 Å². The smallest absolute Gasteiger partial charge is 0.303 e. The highest BCUT2D eigenvalue weighted by molar-refractivity contribution is 5.93. The number of aliphatic hydroxyl groups excluding tert-OH is 2. The van der Waals surface area contributed by atoms with Crippen molar-refractivity contribution in [2.75, 3.05) is 25.1 Å². The number of nitrogens with zero attached hydrogens (tertiary/aromatic N) is 1. The van der Waals surface area contributed by atoms with Crippen molar-refractivity contribution in [1.29, 1.82) is 0 Å². The van der Waals surface area contributed by atoms with Crippen molar-refractivity contribution < 1.29 is 34.8 Å². The van der Waals surface area contributed by atoms with Crippen LogP contribution in [0.5, 0.6) is 0 Å². The average Bonchev–Trinajstić information content (AvgIpc) is 3.73. The number of benzene rings is 1. The van der Waals surface area contributed by atoms with Crippen molar-refractivity contribution >= 4 is 17.4 Å². The van der Waals surface area contributed by atoms with E-state index in [0.717, 1.165) is 95.7 Å². The molecule has 16 atom stereocenters. The third-order valence-electron chi connectivity index (χ3n) is 20.0. The second-order valence-electron chi connectivity index (χ2n) is 22.6. The zero-order valence-electron chi connectivity index (χ0n) is 38.5. The molecule has 1 aromatic carbocycles. The monoisotopic (exact) mass is 850 g/mol. The van der Waals surface area contributed by atoms with E-state index in [1.54, 1.807) is 0 Å². The van der Waals surface area contributed by atoms with Gasteiger partial charge in [-0.05, 0) is 190 Å². The van der Waals surface area contributed by atoms with Crippen LogP contribution in [0.3, 0.4) is 0 Å². The molecule has 1 aromatic rings. The van der Waals surface area contributed by atoms with E-state index in [2.05, 4.69) is 75.7 Å². The number of carboxylic acids is 1. The molecular weight excluding hydrogens is 775 g/mol. The lowest BCUT2D eigenvalue weighted by Crippen LogP contribution is -2.62. The minimum Gasteiger partial charge on any atom is -0.481 e. The first-order chi connectivity index (χ1) is 29.5. The predicted octanol–water partition coefficient (Wildman–Crippen LogP) is 9.26. The Morgan fingerprint density at radius 3 is 2.47 bits per heavy atom. The molecule has 8 nitrogen and oxygen atoms in total. The molecule has 0 radical (unpaired) electrons. The maximum atomic E-state index is 12.5. The van der Waals surface area contributed by atoms with Gasteiger partial charge in [-0.1, -0.05) is 51.3 Å². The number of carboxylic acid groups (broad SMARTS) is 1. The van der Waals surface area contributed by atoms with E-state index in [1.807, 2.05) is 13.0 Å². The lowest BCUT2D eigenvalue weighted by Gasteiger charge is -2.63. The first-order valence-electron chi connectivity index (χ1n) is 24.7. The van der Waals surface area contributed by atoms with Crippen LogP contribution in [0, 0.1) is 75.4 Å². The molecule has 3 unspecified atom stereocenters. The van der Waals surface area contributed by atoms with Crippen molar-refractivity contribution in [3.63, 3.8) is 0 Å². The van der Waals surface area contributed by atoms with E-state index in [1.165, 1.54) is 22.3 Å². The molecule has 0 saturated heterocycles. The van der Waals surface area contributed by atoms with Gasteiger partial charge in [-0.2, -0.15) is 0 Å². The molecule has 0 bridgehead atoms. The average molecular weight is 850 g/mol. The fraction of sp³-hybridized carbons (Fsp3) is 0.741. The van der Waals surface area contributed by atoms with Gasteiger partial charge in [-0.3, -0.25) is 9.59 Å². The summed E-state index contributed by atoms with van der Waals surface area (Å²) in [5.41, 5.74) is 5.16. The standard InChI is InChI=1S/C54H75NO7/c1-7-22-54(61)24-21-43-40-15-11-34-27-37(56)14-16-39(34)49(40)41(31-52(43,54)4)33-9-12-36(13-10-33)55(6)25-26-62-38-20-23-51(3)35(28-38)29-46(57)50-44-18-17-42(32(2)8-19-48(59)60)53(44,5)47(58)30-45(50)51/h9-10,12-13,27,32,35,38,40-47,50,57-58,61H,8,11,14-21,23-26,28-31H2,1-6H3,(H,59,60)/t32-,35+,38+,40?,41-,42?,43?,44+,45+,46-,47+,50+,51+,52+,53-,54+/m1/s1. The van der Waals surface area contributed by atoms with E-state index in [0.29, 0.717) is 37.2 Å². The number of fused-ring (bicyclic) bond motifs is 9. The molecular formula is C54H75NO7. The van der Waals surface area contributed by atoms with Crippen LogP contribution in [-0.2, 0) is 14.3 Å². The number of aliphatic hydroxyl groups is 3. The molecule has 0 aliphatic heterocycles. The number of carbonyl (C=O) groups is 2. The summed E-state index contributed by atoms with van der Waals surface area (Å²) in [5.74, 6) is 8.46. The summed E-state index contributed by atoms with van der Waals surface area (Å²) >= 11 is 0. The molecule has 6 saturated carbocycles. The Hall–Kier alpha value is -2.96. The van der Waals surface area contributed by atoms with Gasteiger partial charge in [-0.25, -0.2) is 0 Å². The third-order valence-corrected chi connectivity index (χ3v) is 20.0. The zero-order chi connectivity index (χ0) is 43.9. The maximum Gasteiger partial charge on any atom is 0.303 e. The number of ketones is 1. The second kappa shape index (κ2) is 16.5. The molecule has 4 N–H and O–H groups in total. The lowest BCUT2D eigenvalue weighted by atomic mass is 9.43. The SMILES string of the molecule is CC#C[C@]1(O)CCC2C3CCC4=CC(=O)CCC4=C3[C@@H](c3ccc(N(C)CCO[C@H]4CC[C@@]5(C)[C@@H](C4)C[C@@H](O)[C@@H]4[C@@H]5C[C@H](O)[C@]5(C)C([C@H](C)CCC(=O)O)CC[C@@H]45)cc3)C[C@@]21C. The van der Waals surface area contributed by atoms with Crippen LogP contribution in [0.25, 0.3) is 0 Å². The van der Waals surface area contributed by atoms with Gasteiger partial charge in [0, 0.05) is 43.5 Å². The Bertz CT molecular complexity index is 2030. The molecule has 62 heavy (non-hydrogen) atoms. The number of ether oxygens (including phenoxy) is 1. The fourth-order valence-corrected chi connectivity index (χ4v) is 16.6. The van der Waals surface area contributed by atoms with Crippen molar-refractivity contribution in [1.82, 2.24) is 0 Å². The van der Waals surface area contributed by atoms with Crippen LogP contribution in [0.4, 0.5) is 5.69 Å². The highest BCUT2D eigenvalue weighted by Crippen LogP contribution is 2.69. The van der Waals surface area contributed by atoms with Crippen LogP contribution in [-0.4, -0.2) is 76.3 Å². The van der Waals surface area contributed by atoms with Crippen LogP contribution >= 0.6 is 0 Å². The Morgan fingerprint density at radius 2 is 1.73 bits per heavy atom. The Morgan fingerprint density at radius 1 is 0.952 bits per heavy atom. The largest absolute Gasteiger partial charge is 0.481 e. The highest BCUT2D eigenvalue weighted by Gasteiger charge is 2.66. The zero-order valence-corrected chi connectivity index (χ0v) is 38.5. The van der Waals surface area contributed by atoms with Crippen LogP contribution in [0.2, 0.25) is 0 Å². The fourth-order valence-electron chi connectivity index (χ4n) is 16.6. The van der Waals surface area contributed by atoms with Crippen molar-refractivity contribution in [2.45, 2.75) is 167 Å². The van der Waals surface area contributed by atoms with Gasteiger partial charge in [0.25, 0.3) is 0 Å². The Kier molecular flexibility index (Phi) is 11.8. The van der Waals surface area contributed by atoms with Crippen LogP contribution < -0.4 is 4.90 Å². The number of rotatable bonds is 10. The number of aliphatic carboxylic acids is 1. The molecule has 0 aromatic heterocycles. The van der Waals surface area contributed by atoms with E-state index in [-0.39, 0.29) is 76.2 Å². The van der Waals surface area contributed by atoms with E-state index in [4.69, 9.17) is 4.74 Å². The molecule has 9 rings (SSSR count). The first-order valence-corrected chi connectivity index (χ1v) is 24.7. The second-order valence-corrected chi connectivity index (χ2v) is 22.6. The minimum absolute atomic E-state index is 0.0643. The normalized spacial score (nSPS) is 43.7. The summed E-state index contributed by atoms with van der Waals surface area (Å²) in [6, 6.07) is 9.10. The molecule has 0 heterocycles. The molecule has 0 spiro atoms. The molecule has 8 aliphatic rings. The number of hydrogen-bond acceptors (Lipinski definition) is 7. The molecule has 8 aliphatic carbocycles. The highest BCUT2D eigenvalue weighted by atomic mass is 16.5. The lowest BCUT2D eigenvalue weighted by molar-refractivity contribution is -0.209. The third kappa shape index (κ3) is 7.08. The van der Waals surface area contributed by atoms with Gasteiger partial charge in [0.15, 0.2) is 5.78 Å². The number of carbonyl (C=O) groups excluding carboxylic acids is 1. The number of anilines is 1. The topological polar surface area (TPSA) is 128 Å². The molecule has 338 valence electrons. The van der Waals surface area contributed by atoms with Crippen molar-refractivity contribution in [3.05, 3.63) is 52.6 Å². The van der Waals surface area contributed by atoms with Gasteiger partial charge >= 0.3 is 5.97 Å². The van der Waals surface area contributed by atoms with Gasteiger partial charge in [0.2, 0.25) is 0 Å². The van der Waals surface area contributed by atoms with Crippen molar-refractivity contribution in [3.8, 4) is 11.8 Å². The van der Waals surface area contributed by atoms with E-state index < -0.39 is 17.7 Å². The maximum absolute atomic E-state index is 12.5. The Labute approximate surface area is 371 Å².